The van der Waals surface area contributed by atoms with E-state index in [1.165, 1.54) is 37.7 Å². The Kier molecular flexibility index (Phi) is 6.06. The van der Waals surface area contributed by atoms with Crippen molar-refractivity contribution in [1.29, 1.82) is 0 Å². The molecular formula is C18H29NO. The van der Waals surface area contributed by atoms with Gasteiger partial charge in [-0.3, -0.25) is 0 Å². The van der Waals surface area contributed by atoms with E-state index in [9.17, 15) is 0 Å². The van der Waals surface area contributed by atoms with Gasteiger partial charge in [0.15, 0.2) is 0 Å². The van der Waals surface area contributed by atoms with Crippen LogP contribution in [0.3, 0.4) is 0 Å². The summed E-state index contributed by atoms with van der Waals surface area (Å²) < 4.78 is 6.05. The molecule has 2 rings (SSSR count). The molecule has 1 aliphatic rings. The van der Waals surface area contributed by atoms with Crippen LogP contribution in [0.4, 0.5) is 0 Å². The summed E-state index contributed by atoms with van der Waals surface area (Å²) in [6.45, 7) is 7.17. The van der Waals surface area contributed by atoms with E-state index < -0.39 is 0 Å². The molecule has 20 heavy (non-hydrogen) atoms. The zero-order valence-corrected chi connectivity index (χ0v) is 13.0. The molecule has 1 N–H and O–H groups in total. The molecule has 2 nitrogen and oxygen atoms in total. The van der Waals surface area contributed by atoms with E-state index in [1.807, 2.05) is 0 Å². The number of hydrogen-bond donors (Lipinski definition) is 1. The monoisotopic (exact) mass is 275 g/mol. The molecule has 0 spiro atoms. The SMILES string of the molecule is CC(C)NCC1(COCc2ccccc2)CCCCC1. The highest BCUT2D eigenvalue weighted by Gasteiger charge is 2.32. The van der Waals surface area contributed by atoms with Crippen molar-refractivity contribution in [2.24, 2.45) is 5.41 Å². The van der Waals surface area contributed by atoms with Gasteiger partial charge >= 0.3 is 0 Å². The molecule has 0 bridgehead atoms. The smallest absolute Gasteiger partial charge is 0.0717 e. The molecule has 0 aromatic heterocycles. The van der Waals surface area contributed by atoms with Crippen LogP contribution in [0, 0.1) is 5.41 Å². The van der Waals surface area contributed by atoms with Crippen molar-refractivity contribution in [3.8, 4) is 0 Å². The van der Waals surface area contributed by atoms with Crippen LogP contribution in [-0.2, 0) is 11.3 Å². The van der Waals surface area contributed by atoms with Gasteiger partial charge in [0.2, 0.25) is 0 Å². The van der Waals surface area contributed by atoms with Crippen molar-refractivity contribution in [1.82, 2.24) is 5.32 Å². The maximum absolute atomic E-state index is 6.05. The third kappa shape index (κ3) is 4.92. The zero-order chi connectivity index (χ0) is 14.3. The maximum Gasteiger partial charge on any atom is 0.0717 e. The summed E-state index contributed by atoms with van der Waals surface area (Å²) in [5.41, 5.74) is 1.63. The lowest BCUT2D eigenvalue weighted by Gasteiger charge is -2.38. The second-order valence-corrected chi connectivity index (χ2v) is 6.57. The van der Waals surface area contributed by atoms with E-state index in [0.29, 0.717) is 11.5 Å². The highest BCUT2D eigenvalue weighted by atomic mass is 16.5. The maximum atomic E-state index is 6.05. The Morgan fingerprint density at radius 2 is 1.80 bits per heavy atom. The van der Waals surface area contributed by atoms with Crippen LogP contribution in [0.5, 0.6) is 0 Å². The first kappa shape index (κ1) is 15.5. The van der Waals surface area contributed by atoms with Crippen molar-refractivity contribution in [2.75, 3.05) is 13.2 Å². The highest BCUT2D eigenvalue weighted by molar-refractivity contribution is 5.13. The van der Waals surface area contributed by atoms with Gasteiger partial charge in [0.1, 0.15) is 0 Å². The average molecular weight is 275 g/mol. The van der Waals surface area contributed by atoms with Crippen molar-refractivity contribution >= 4 is 0 Å². The summed E-state index contributed by atoms with van der Waals surface area (Å²) in [6.07, 6.45) is 6.72. The molecule has 0 saturated heterocycles. The normalized spacial score (nSPS) is 18.4. The van der Waals surface area contributed by atoms with Crippen LogP contribution < -0.4 is 5.32 Å². The summed E-state index contributed by atoms with van der Waals surface area (Å²) in [5, 5.41) is 3.62. The lowest BCUT2D eigenvalue weighted by Crippen LogP contribution is -2.42. The Morgan fingerprint density at radius 1 is 1.10 bits per heavy atom. The summed E-state index contributed by atoms with van der Waals surface area (Å²) in [7, 11) is 0. The van der Waals surface area contributed by atoms with Crippen LogP contribution in [0.25, 0.3) is 0 Å². The predicted octanol–water partition coefficient (Wildman–Crippen LogP) is 4.15. The summed E-state index contributed by atoms with van der Waals surface area (Å²) >= 11 is 0. The Morgan fingerprint density at radius 3 is 2.45 bits per heavy atom. The van der Waals surface area contributed by atoms with Gasteiger partial charge in [-0.1, -0.05) is 63.4 Å². The molecule has 1 aromatic carbocycles. The van der Waals surface area contributed by atoms with E-state index in [0.717, 1.165) is 19.8 Å². The molecule has 2 heteroatoms. The van der Waals surface area contributed by atoms with Crippen LogP contribution in [-0.4, -0.2) is 19.2 Å². The minimum atomic E-state index is 0.358. The third-order valence-corrected chi connectivity index (χ3v) is 4.32. The van der Waals surface area contributed by atoms with Gasteiger partial charge in [0.25, 0.3) is 0 Å². The van der Waals surface area contributed by atoms with E-state index >= 15 is 0 Å². The van der Waals surface area contributed by atoms with Crippen molar-refractivity contribution in [3.63, 3.8) is 0 Å². The topological polar surface area (TPSA) is 21.3 Å². The largest absolute Gasteiger partial charge is 0.376 e. The second-order valence-electron chi connectivity index (χ2n) is 6.57. The number of rotatable bonds is 7. The Labute approximate surface area is 123 Å². The fourth-order valence-corrected chi connectivity index (χ4v) is 3.05. The van der Waals surface area contributed by atoms with Crippen LogP contribution in [0.1, 0.15) is 51.5 Å². The average Bonchev–Trinajstić information content (AvgIpc) is 2.47. The van der Waals surface area contributed by atoms with Crippen molar-refractivity contribution < 1.29 is 4.74 Å². The predicted molar refractivity (Wildman–Crippen MR) is 84.8 cm³/mol. The van der Waals surface area contributed by atoms with Crippen molar-refractivity contribution in [3.05, 3.63) is 35.9 Å². The first-order valence-electron chi connectivity index (χ1n) is 8.05. The molecule has 1 aliphatic carbocycles. The quantitative estimate of drug-likeness (QED) is 0.807. The highest BCUT2D eigenvalue weighted by Crippen LogP contribution is 2.36. The van der Waals surface area contributed by atoms with Gasteiger partial charge in [-0.25, -0.2) is 0 Å². The lowest BCUT2D eigenvalue weighted by atomic mass is 9.74. The first-order valence-corrected chi connectivity index (χ1v) is 8.05. The Balaban J connectivity index is 1.84. The summed E-state index contributed by atoms with van der Waals surface area (Å²) in [4.78, 5) is 0. The van der Waals surface area contributed by atoms with E-state index in [2.05, 4.69) is 49.5 Å². The van der Waals surface area contributed by atoms with Crippen LogP contribution in [0.2, 0.25) is 0 Å². The van der Waals surface area contributed by atoms with E-state index in [-0.39, 0.29) is 0 Å². The minimum absolute atomic E-state index is 0.358. The Hall–Kier alpha value is -0.860. The summed E-state index contributed by atoms with van der Waals surface area (Å²) in [6, 6.07) is 11.0. The molecule has 112 valence electrons. The van der Waals surface area contributed by atoms with E-state index in [1.54, 1.807) is 0 Å². The van der Waals surface area contributed by atoms with Gasteiger partial charge in [-0.05, 0) is 18.4 Å². The number of nitrogens with one attached hydrogen (secondary N) is 1. The molecule has 0 heterocycles. The van der Waals surface area contributed by atoms with Gasteiger partial charge in [0.05, 0.1) is 13.2 Å². The van der Waals surface area contributed by atoms with Gasteiger partial charge in [-0.15, -0.1) is 0 Å². The minimum Gasteiger partial charge on any atom is -0.376 e. The third-order valence-electron chi connectivity index (χ3n) is 4.32. The first-order chi connectivity index (χ1) is 9.70. The molecule has 0 atom stereocenters. The number of hydrogen-bond acceptors (Lipinski definition) is 2. The van der Waals surface area contributed by atoms with Gasteiger partial charge in [-0.2, -0.15) is 0 Å². The molecule has 0 amide bonds. The molecule has 0 aliphatic heterocycles. The standard InChI is InChI=1S/C18H29NO/c1-16(2)19-14-18(11-7-4-8-12-18)15-20-13-17-9-5-3-6-10-17/h3,5-6,9-10,16,19H,4,7-8,11-15H2,1-2H3. The Bertz CT molecular complexity index is 368. The van der Waals surface area contributed by atoms with Gasteiger partial charge < -0.3 is 10.1 Å². The molecular weight excluding hydrogens is 246 g/mol. The number of benzene rings is 1. The zero-order valence-electron chi connectivity index (χ0n) is 13.0. The van der Waals surface area contributed by atoms with Crippen LogP contribution in [0.15, 0.2) is 30.3 Å². The molecule has 1 saturated carbocycles. The second kappa shape index (κ2) is 7.80. The fourth-order valence-electron chi connectivity index (χ4n) is 3.05. The molecule has 0 radical (unpaired) electrons. The van der Waals surface area contributed by atoms with Gasteiger partial charge in [0, 0.05) is 18.0 Å². The van der Waals surface area contributed by atoms with Crippen molar-refractivity contribution in [2.45, 2.75) is 58.6 Å². The molecule has 1 fully saturated rings. The fraction of sp³-hybridized carbons (Fsp3) is 0.667. The van der Waals surface area contributed by atoms with E-state index in [4.69, 9.17) is 4.74 Å². The lowest BCUT2D eigenvalue weighted by molar-refractivity contribution is 0.0105. The summed E-state index contributed by atoms with van der Waals surface area (Å²) in [5.74, 6) is 0. The molecule has 1 aromatic rings. The number of ether oxygens (including phenoxy) is 1. The molecule has 0 unspecified atom stereocenters. The van der Waals surface area contributed by atoms with Crippen LogP contribution >= 0.6 is 0 Å².